The Morgan fingerprint density at radius 2 is 2.16 bits per heavy atom. The number of carbonyl (C=O) groups excluding carboxylic acids is 1. The molecule has 158 valence electrons. The van der Waals surface area contributed by atoms with Crippen LogP contribution in [-0.2, 0) is 5.60 Å². The molecule has 8 heteroatoms. The van der Waals surface area contributed by atoms with Gasteiger partial charge in [0.05, 0.1) is 22.5 Å². The van der Waals surface area contributed by atoms with E-state index >= 15 is 0 Å². The summed E-state index contributed by atoms with van der Waals surface area (Å²) in [7, 11) is 0. The van der Waals surface area contributed by atoms with Crippen molar-refractivity contribution < 1.29 is 18.1 Å². The highest BCUT2D eigenvalue weighted by molar-refractivity contribution is 7.21. The molecule has 0 saturated carbocycles. The predicted octanol–water partition coefficient (Wildman–Crippen LogP) is 4.94. The summed E-state index contributed by atoms with van der Waals surface area (Å²) in [6.45, 7) is -4.15. The minimum absolute atomic E-state index is 0.0259. The van der Waals surface area contributed by atoms with Crippen molar-refractivity contribution >= 4 is 55.5 Å². The molecule has 3 aromatic heterocycles. The fraction of sp³-hybridized carbons (Fsp3) is 0.261. The highest BCUT2D eigenvalue weighted by Gasteiger charge is 2.26. The Bertz CT molecular complexity index is 1560. The number of nitrogens with one attached hydrogen (secondary N) is 2. The number of aliphatic hydroxyl groups is 1. The van der Waals surface area contributed by atoms with Crippen molar-refractivity contribution in [3.8, 4) is 11.3 Å². The van der Waals surface area contributed by atoms with E-state index in [0.717, 1.165) is 21.7 Å². The number of amides is 1. The standard InChI is InChI=1S/C23H21ClN4O2S/c1-11-9-26-20-19-12-4-5-16(13-8-18(24)25-10-14(13)23(2,3)30)28-15(12)6-7-17(19)31-21(20)22(29)27-11/h4-8,10-11,26,30H,9H2,1-3H3,(H,27,29)/t11-/m1/s1/i2D3,3D3. The fourth-order valence-electron chi connectivity index (χ4n) is 3.81. The molecule has 1 atom stereocenters. The molecule has 1 aliphatic rings. The van der Waals surface area contributed by atoms with Crippen molar-refractivity contribution in [2.75, 3.05) is 11.9 Å². The van der Waals surface area contributed by atoms with Gasteiger partial charge >= 0.3 is 0 Å². The summed E-state index contributed by atoms with van der Waals surface area (Å²) >= 11 is 7.47. The van der Waals surface area contributed by atoms with Gasteiger partial charge in [0, 0.05) is 53.6 Å². The van der Waals surface area contributed by atoms with E-state index in [0.29, 0.717) is 22.6 Å². The van der Waals surface area contributed by atoms with Crippen LogP contribution in [0.5, 0.6) is 0 Å². The van der Waals surface area contributed by atoms with Gasteiger partial charge in [-0.2, -0.15) is 0 Å². The third-order valence-corrected chi connectivity index (χ3v) is 6.59. The minimum atomic E-state index is -3.30. The molecular formula is C23H21ClN4O2S. The lowest BCUT2D eigenvalue weighted by Gasteiger charge is -2.21. The van der Waals surface area contributed by atoms with E-state index in [1.807, 2.05) is 13.0 Å². The molecule has 0 spiro atoms. The van der Waals surface area contributed by atoms with Crippen LogP contribution in [0.2, 0.25) is 5.15 Å². The van der Waals surface area contributed by atoms with Crippen LogP contribution in [0.15, 0.2) is 36.5 Å². The van der Waals surface area contributed by atoms with Gasteiger partial charge in [0.2, 0.25) is 0 Å². The van der Waals surface area contributed by atoms with E-state index in [2.05, 4.69) is 20.6 Å². The quantitative estimate of drug-likeness (QED) is 0.370. The molecule has 0 unspecified atom stereocenters. The lowest BCUT2D eigenvalue weighted by atomic mass is 9.93. The first-order valence-corrected chi connectivity index (χ1v) is 10.7. The number of benzene rings is 1. The SMILES string of the molecule is [2H]C([2H])([2H])C(O)(c1cnc(Cl)cc1-c1ccc2c(ccc3sc4c(c32)NC[C@@H](C)NC4=O)n1)C([2H])([2H])[2H]. The molecule has 0 aliphatic carbocycles. The van der Waals surface area contributed by atoms with Crippen LogP contribution in [0.1, 0.15) is 44.1 Å². The highest BCUT2D eigenvalue weighted by atomic mass is 35.5. The first kappa shape index (κ1) is 14.3. The zero-order valence-electron chi connectivity index (χ0n) is 22.3. The molecule has 4 aromatic rings. The van der Waals surface area contributed by atoms with Crippen molar-refractivity contribution in [1.29, 1.82) is 0 Å². The summed E-state index contributed by atoms with van der Waals surface area (Å²) < 4.78 is 47.9. The number of hydrogen-bond acceptors (Lipinski definition) is 6. The molecule has 0 bridgehead atoms. The van der Waals surface area contributed by atoms with Gasteiger partial charge in [-0.25, -0.2) is 9.97 Å². The summed E-state index contributed by atoms with van der Waals surface area (Å²) in [6, 6.07) is 8.21. The lowest BCUT2D eigenvalue weighted by Crippen LogP contribution is -2.34. The first-order chi connectivity index (χ1) is 17.2. The van der Waals surface area contributed by atoms with Gasteiger partial charge in [-0.15, -0.1) is 11.3 Å². The Balaban J connectivity index is 1.74. The Labute approximate surface area is 196 Å². The molecule has 0 radical (unpaired) electrons. The van der Waals surface area contributed by atoms with Gasteiger partial charge in [-0.3, -0.25) is 4.79 Å². The number of aromatic nitrogens is 2. The molecule has 6 nitrogen and oxygen atoms in total. The maximum Gasteiger partial charge on any atom is 0.263 e. The smallest absolute Gasteiger partial charge is 0.263 e. The second kappa shape index (κ2) is 7.15. The summed E-state index contributed by atoms with van der Waals surface area (Å²) in [4.78, 5) is 21.8. The number of carbonyl (C=O) groups is 1. The molecule has 1 amide bonds. The van der Waals surface area contributed by atoms with Gasteiger partial charge in [0.25, 0.3) is 5.91 Å². The van der Waals surface area contributed by atoms with Gasteiger partial charge in [0.15, 0.2) is 0 Å². The molecule has 1 aliphatic heterocycles. The topological polar surface area (TPSA) is 87.1 Å². The third-order valence-electron chi connectivity index (χ3n) is 5.23. The van der Waals surface area contributed by atoms with Crippen molar-refractivity contribution in [2.24, 2.45) is 0 Å². The molecule has 0 fully saturated rings. The fourth-order valence-corrected chi connectivity index (χ4v) is 5.06. The van der Waals surface area contributed by atoms with Gasteiger partial charge in [0.1, 0.15) is 10.0 Å². The number of nitrogens with zero attached hydrogens (tertiary/aromatic N) is 2. The maximum atomic E-state index is 12.7. The third kappa shape index (κ3) is 3.43. The maximum absolute atomic E-state index is 12.7. The number of halogens is 1. The Morgan fingerprint density at radius 1 is 1.32 bits per heavy atom. The van der Waals surface area contributed by atoms with Crippen molar-refractivity contribution in [1.82, 2.24) is 15.3 Å². The Hall–Kier alpha value is -2.74. The van der Waals surface area contributed by atoms with Crippen molar-refractivity contribution in [3.05, 3.63) is 52.1 Å². The molecule has 31 heavy (non-hydrogen) atoms. The van der Waals surface area contributed by atoms with E-state index in [-0.39, 0.29) is 28.4 Å². The van der Waals surface area contributed by atoms with Crippen LogP contribution < -0.4 is 10.6 Å². The molecular weight excluding hydrogens is 432 g/mol. The van der Waals surface area contributed by atoms with Crippen LogP contribution in [0.3, 0.4) is 0 Å². The minimum Gasteiger partial charge on any atom is -0.386 e. The van der Waals surface area contributed by atoms with Crippen molar-refractivity contribution in [3.63, 3.8) is 0 Å². The number of hydrogen-bond donors (Lipinski definition) is 3. The number of fused-ring (bicyclic) bond motifs is 5. The lowest BCUT2D eigenvalue weighted by molar-refractivity contribution is 0.0788. The molecule has 3 N–H and O–H groups in total. The normalized spacial score (nSPS) is 20.4. The van der Waals surface area contributed by atoms with Crippen molar-refractivity contribution in [2.45, 2.75) is 32.3 Å². The average Bonchev–Trinajstić information content (AvgIpc) is 3.13. The van der Waals surface area contributed by atoms with E-state index in [9.17, 15) is 9.90 Å². The molecule has 1 aromatic carbocycles. The number of rotatable bonds is 2. The summed E-state index contributed by atoms with van der Waals surface area (Å²) in [5, 5.41) is 19.0. The summed E-state index contributed by atoms with van der Waals surface area (Å²) in [5.41, 5.74) is -2.16. The summed E-state index contributed by atoms with van der Waals surface area (Å²) in [5.74, 6) is -0.156. The van der Waals surface area contributed by atoms with Gasteiger partial charge in [-0.05, 0) is 51.0 Å². The predicted molar refractivity (Wildman–Crippen MR) is 126 cm³/mol. The second-order valence-corrected chi connectivity index (χ2v) is 8.97. The average molecular weight is 459 g/mol. The number of thiophene rings is 1. The monoisotopic (exact) mass is 458 g/mol. The number of anilines is 1. The van der Waals surface area contributed by atoms with Crippen LogP contribution >= 0.6 is 22.9 Å². The first-order valence-electron chi connectivity index (χ1n) is 12.5. The Kier molecular flexibility index (Phi) is 3.31. The largest absolute Gasteiger partial charge is 0.386 e. The van der Waals surface area contributed by atoms with Gasteiger partial charge < -0.3 is 15.7 Å². The zero-order chi connectivity index (χ0) is 26.9. The van der Waals surface area contributed by atoms with E-state index in [4.69, 9.17) is 19.8 Å². The van der Waals surface area contributed by atoms with Crippen LogP contribution in [0.25, 0.3) is 32.2 Å². The second-order valence-electron chi connectivity index (χ2n) is 7.53. The molecule has 4 heterocycles. The highest BCUT2D eigenvalue weighted by Crippen LogP contribution is 2.41. The zero-order valence-corrected chi connectivity index (χ0v) is 17.9. The number of pyridine rings is 2. The van der Waals surface area contributed by atoms with E-state index in [1.165, 1.54) is 17.4 Å². The summed E-state index contributed by atoms with van der Waals surface area (Å²) in [6.07, 6.45) is 0.966. The van der Waals surface area contributed by atoms with Gasteiger partial charge in [-0.1, -0.05) is 11.6 Å². The molecule has 0 saturated heterocycles. The van der Waals surface area contributed by atoms with E-state index in [1.54, 1.807) is 18.2 Å². The van der Waals surface area contributed by atoms with Crippen LogP contribution in [0.4, 0.5) is 5.69 Å². The molecule has 5 rings (SSSR count). The van der Waals surface area contributed by atoms with Crippen LogP contribution in [0, 0.1) is 0 Å². The van der Waals surface area contributed by atoms with Crippen LogP contribution in [-0.4, -0.2) is 33.6 Å². The van der Waals surface area contributed by atoms with E-state index < -0.39 is 24.9 Å². The Morgan fingerprint density at radius 3 is 2.97 bits per heavy atom.